The molecule has 1 aromatic carbocycles. The molecule has 0 saturated carbocycles. The van der Waals surface area contributed by atoms with Crippen molar-refractivity contribution in [2.45, 2.75) is 13.0 Å². The first-order chi connectivity index (χ1) is 7.31. The Labute approximate surface area is 89.4 Å². The van der Waals surface area contributed by atoms with Crippen LogP contribution in [0.2, 0.25) is 0 Å². The average Bonchev–Trinajstić information content (AvgIpc) is 2.30. The fourth-order valence-electron chi connectivity index (χ4n) is 1.85. The molecule has 1 fully saturated rings. The van der Waals surface area contributed by atoms with Gasteiger partial charge in [0, 0.05) is 18.7 Å². The predicted octanol–water partition coefficient (Wildman–Crippen LogP) is 1.47. The summed E-state index contributed by atoms with van der Waals surface area (Å²) < 4.78 is 5.62. The first-order valence-electron chi connectivity index (χ1n) is 5.19. The maximum Gasteiger partial charge on any atom is 0.150 e. The zero-order valence-corrected chi connectivity index (χ0v) is 8.82. The third kappa shape index (κ3) is 2.25. The minimum Gasteiger partial charge on any atom is -0.371 e. The van der Waals surface area contributed by atoms with E-state index in [1.165, 1.54) is 0 Å². The lowest BCUT2D eigenvalue weighted by atomic mass is 10.00. The molecule has 1 atom stereocenters. The molecule has 0 radical (unpaired) electrons. The maximum absolute atomic E-state index is 10.9. The molecule has 0 spiro atoms. The van der Waals surface area contributed by atoms with Gasteiger partial charge in [-0.1, -0.05) is 17.7 Å². The van der Waals surface area contributed by atoms with E-state index in [2.05, 4.69) is 5.32 Å². The van der Waals surface area contributed by atoms with Crippen LogP contribution in [0.25, 0.3) is 0 Å². The van der Waals surface area contributed by atoms with Crippen molar-refractivity contribution in [2.24, 2.45) is 0 Å². The number of hydrogen-bond donors (Lipinski definition) is 1. The largest absolute Gasteiger partial charge is 0.371 e. The van der Waals surface area contributed by atoms with Crippen LogP contribution in [0.3, 0.4) is 0 Å². The van der Waals surface area contributed by atoms with Crippen molar-refractivity contribution >= 4 is 6.29 Å². The third-order valence-corrected chi connectivity index (χ3v) is 2.64. The third-order valence-electron chi connectivity index (χ3n) is 2.64. The van der Waals surface area contributed by atoms with E-state index in [1.807, 2.05) is 25.1 Å². The molecule has 0 amide bonds. The van der Waals surface area contributed by atoms with Gasteiger partial charge in [-0.3, -0.25) is 4.79 Å². The molecule has 15 heavy (non-hydrogen) atoms. The molecule has 80 valence electrons. The Morgan fingerprint density at radius 2 is 2.40 bits per heavy atom. The van der Waals surface area contributed by atoms with Gasteiger partial charge in [0.1, 0.15) is 6.29 Å². The molecule has 1 aliphatic rings. The average molecular weight is 205 g/mol. The van der Waals surface area contributed by atoms with E-state index in [4.69, 9.17) is 4.74 Å². The number of aryl methyl sites for hydroxylation is 1. The van der Waals surface area contributed by atoms with Crippen molar-refractivity contribution in [3.8, 4) is 0 Å². The van der Waals surface area contributed by atoms with Gasteiger partial charge in [0.15, 0.2) is 0 Å². The van der Waals surface area contributed by atoms with E-state index in [1.54, 1.807) is 0 Å². The van der Waals surface area contributed by atoms with Crippen LogP contribution in [0.1, 0.15) is 27.6 Å². The Balaban J connectivity index is 2.29. The van der Waals surface area contributed by atoms with Crippen LogP contribution >= 0.6 is 0 Å². The summed E-state index contributed by atoms with van der Waals surface area (Å²) in [6.45, 7) is 4.36. The number of benzene rings is 1. The minimum absolute atomic E-state index is 0.0135. The van der Waals surface area contributed by atoms with Gasteiger partial charge in [-0.05, 0) is 18.6 Å². The lowest BCUT2D eigenvalue weighted by molar-refractivity contribution is 0.0273. The molecule has 1 aliphatic heterocycles. The number of nitrogens with one attached hydrogen (secondary N) is 1. The molecular weight excluding hydrogens is 190 g/mol. The molecule has 1 aromatic rings. The predicted molar refractivity (Wildman–Crippen MR) is 58.1 cm³/mol. The van der Waals surface area contributed by atoms with E-state index in [0.717, 1.165) is 36.1 Å². The van der Waals surface area contributed by atoms with E-state index in [-0.39, 0.29) is 6.10 Å². The fourth-order valence-corrected chi connectivity index (χ4v) is 1.85. The second kappa shape index (κ2) is 4.55. The first-order valence-corrected chi connectivity index (χ1v) is 5.19. The smallest absolute Gasteiger partial charge is 0.150 e. The van der Waals surface area contributed by atoms with Crippen molar-refractivity contribution in [3.05, 3.63) is 34.9 Å². The van der Waals surface area contributed by atoms with Gasteiger partial charge in [-0.25, -0.2) is 0 Å². The Bertz CT molecular complexity index is 357. The molecule has 1 heterocycles. The number of hydrogen-bond acceptors (Lipinski definition) is 3. The molecule has 3 heteroatoms. The van der Waals surface area contributed by atoms with Gasteiger partial charge < -0.3 is 10.1 Å². The van der Waals surface area contributed by atoms with Gasteiger partial charge in [0.25, 0.3) is 0 Å². The van der Waals surface area contributed by atoms with Crippen molar-refractivity contribution < 1.29 is 9.53 Å². The van der Waals surface area contributed by atoms with Crippen molar-refractivity contribution in [2.75, 3.05) is 19.7 Å². The molecule has 1 saturated heterocycles. The van der Waals surface area contributed by atoms with Gasteiger partial charge in [0.05, 0.1) is 12.7 Å². The summed E-state index contributed by atoms with van der Waals surface area (Å²) >= 11 is 0. The molecular formula is C12H15NO2. The number of ether oxygens (including phenoxy) is 1. The van der Waals surface area contributed by atoms with Crippen LogP contribution in [0.4, 0.5) is 0 Å². The molecule has 0 bridgehead atoms. The Hall–Kier alpha value is -1.19. The standard InChI is InChI=1S/C12H15NO2/c1-9-2-3-11(10(6-9)8-14)12-7-13-4-5-15-12/h2-3,6,8,12-13H,4-5,7H2,1H3. The highest BCUT2D eigenvalue weighted by Gasteiger charge is 2.18. The van der Waals surface area contributed by atoms with E-state index in [9.17, 15) is 4.79 Å². The summed E-state index contributed by atoms with van der Waals surface area (Å²) in [7, 11) is 0. The second-order valence-corrected chi connectivity index (χ2v) is 3.81. The van der Waals surface area contributed by atoms with Gasteiger partial charge in [-0.15, -0.1) is 0 Å². The van der Waals surface area contributed by atoms with E-state index < -0.39 is 0 Å². The van der Waals surface area contributed by atoms with Crippen LogP contribution < -0.4 is 5.32 Å². The van der Waals surface area contributed by atoms with Crippen molar-refractivity contribution in [3.63, 3.8) is 0 Å². The summed E-state index contributed by atoms with van der Waals surface area (Å²) in [5.74, 6) is 0. The Morgan fingerprint density at radius 3 is 3.07 bits per heavy atom. The van der Waals surface area contributed by atoms with Crippen molar-refractivity contribution in [1.82, 2.24) is 5.32 Å². The normalized spacial score (nSPS) is 21.3. The topological polar surface area (TPSA) is 38.3 Å². The maximum atomic E-state index is 10.9. The molecule has 2 rings (SSSR count). The van der Waals surface area contributed by atoms with Crippen LogP contribution in [-0.4, -0.2) is 26.0 Å². The van der Waals surface area contributed by atoms with Gasteiger partial charge in [0.2, 0.25) is 0 Å². The Kier molecular flexibility index (Phi) is 3.14. The molecule has 3 nitrogen and oxygen atoms in total. The monoisotopic (exact) mass is 205 g/mol. The van der Waals surface area contributed by atoms with Crippen LogP contribution in [-0.2, 0) is 4.74 Å². The summed E-state index contributed by atoms with van der Waals surface area (Å²) in [5, 5.41) is 3.26. The molecule has 1 N–H and O–H groups in total. The van der Waals surface area contributed by atoms with Crippen molar-refractivity contribution in [1.29, 1.82) is 0 Å². The lowest BCUT2D eigenvalue weighted by Crippen LogP contribution is -2.33. The number of morpholine rings is 1. The van der Waals surface area contributed by atoms with Crippen LogP contribution in [0, 0.1) is 6.92 Å². The summed E-state index contributed by atoms with van der Waals surface area (Å²) in [4.78, 5) is 10.9. The first kappa shape index (κ1) is 10.3. The van der Waals surface area contributed by atoms with E-state index >= 15 is 0 Å². The summed E-state index contributed by atoms with van der Waals surface area (Å²) in [6, 6.07) is 5.90. The van der Waals surface area contributed by atoms with Crippen LogP contribution in [0.5, 0.6) is 0 Å². The molecule has 0 aliphatic carbocycles. The second-order valence-electron chi connectivity index (χ2n) is 3.81. The summed E-state index contributed by atoms with van der Waals surface area (Å²) in [6.07, 6.45) is 0.917. The summed E-state index contributed by atoms with van der Waals surface area (Å²) in [5.41, 5.74) is 2.83. The highest BCUT2D eigenvalue weighted by atomic mass is 16.5. The molecule has 0 aromatic heterocycles. The number of carbonyl (C=O) groups excluding carboxylic acids is 1. The zero-order valence-electron chi connectivity index (χ0n) is 8.82. The number of rotatable bonds is 2. The van der Waals surface area contributed by atoms with E-state index in [0.29, 0.717) is 6.61 Å². The fraction of sp³-hybridized carbons (Fsp3) is 0.417. The number of aldehydes is 1. The zero-order chi connectivity index (χ0) is 10.7. The van der Waals surface area contributed by atoms with Gasteiger partial charge >= 0.3 is 0 Å². The lowest BCUT2D eigenvalue weighted by Gasteiger charge is -2.25. The SMILES string of the molecule is Cc1ccc(C2CNCCO2)c(C=O)c1. The quantitative estimate of drug-likeness (QED) is 0.743. The minimum atomic E-state index is 0.0135. The van der Waals surface area contributed by atoms with Gasteiger partial charge in [-0.2, -0.15) is 0 Å². The molecule has 1 unspecified atom stereocenters. The van der Waals surface area contributed by atoms with Crippen LogP contribution in [0.15, 0.2) is 18.2 Å². The highest BCUT2D eigenvalue weighted by Crippen LogP contribution is 2.22. The number of carbonyl (C=O) groups is 1. The highest BCUT2D eigenvalue weighted by molar-refractivity contribution is 5.78. The Morgan fingerprint density at radius 1 is 1.53 bits per heavy atom.